The molecule has 2 aromatic rings. The summed E-state index contributed by atoms with van der Waals surface area (Å²) in [6, 6.07) is 6.13. The molecular formula is C24H31F3N4O3S. The zero-order valence-electron chi connectivity index (χ0n) is 19.9. The van der Waals surface area contributed by atoms with Gasteiger partial charge >= 0.3 is 0 Å². The molecule has 1 saturated carbocycles. The van der Waals surface area contributed by atoms with Crippen molar-refractivity contribution in [2.45, 2.75) is 51.1 Å². The van der Waals surface area contributed by atoms with Crippen molar-refractivity contribution >= 4 is 21.5 Å². The number of nitrogens with one attached hydrogen (secondary N) is 1. The Labute approximate surface area is 204 Å². The number of nitrogens with zero attached hydrogens (tertiary/aromatic N) is 3. The molecule has 0 unspecified atom stereocenters. The first-order valence-electron chi connectivity index (χ1n) is 11.7. The van der Waals surface area contributed by atoms with Gasteiger partial charge in [0.05, 0.1) is 5.75 Å². The average molecular weight is 513 g/mol. The van der Waals surface area contributed by atoms with Crippen LogP contribution in [0.25, 0.3) is 0 Å². The summed E-state index contributed by atoms with van der Waals surface area (Å²) in [5.74, 6) is -3.40. The second-order valence-electron chi connectivity index (χ2n) is 9.84. The fraction of sp³-hybridized carbons (Fsp3) is 0.583. The van der Waals surface area contributed by atoms with Gasteiger partial charge in [-0.2, -0.15) is 4.39 Å². The Hall–Kier alpha value is -2.40. The monoisotopic (exact) mass is 512 g/mol. The number of halogens is 3. The molecule has 1 saturated heterocycles. The van der Waals surface area contributed by atoms with Crippen molar-refractivity contribution in [3.8, 4) is 0 Å². The van der Waals surface area contributed by atoms with E-state index in [1.165, 1.54) is 24.7 Å². The van der Waals surface area contributed by atoms with Crippen LogP contribution in [-0.2, 0) is 27.0 Å². The lowest BCUT2D eigenvalue weighted by Crippen LogP contribution is -2.41. The Morgan fingerprint density at radius 1 is 1.17 bits per heavy atom. The summed E-state index contributed by atoms with van der Waals surface area (Å²) in [5.41, 5.74) is 0.129. The van der Waals surface area contributed by atoms with Crippen LogP contribution in [0.3, 0.4) is 0 Å². The lowest BCUT2D eigenvalue weighted by Gasteiger charge is -2.36. The Morgan fingerprint density at radius 3 is 2.40 bits per heavy atom. The predicted molar refractivity (Wildman–Crippen MR) is 128 cm³/mol. The van der Waals surface area contributed by atoms with Gasteiger partial charge in [-0.05, 0) is 31.2 Å². The SMILES string of the molecule is CC(F)(F)c1ccc(CN(c2ncnc(NCC3(CS(C)(=O)=O)CCOCC3)c2F)C2CC2)cc1. The first-order valence-corrected chi connectivity index (χ1v) is 13.8. The maximum absolute atomic E-state index is 15.6. The van der Waals surface area contributed by atoms with Crippen molar-refractivity contribution in [2.24, 2.45) is 5.41 Å². The minimum atomic E-state index is -3.25. The molecule has 0 radical (unpaired) electrons. The number of alkyl halides is 2. The summed E-state index contributed by atoms with van der Waals surface area (Å²) in [7, 11) is -3.25. The smallest absolute Gasteiger partial charge is 0.270 e. The third-order valence-electron chi connectivity index (χ3n) is 6.60. The molecule has 4 rings (SSSR count). The minimum Gasteiger partial charge on any atom is -0.381 e. The number of rotatable bonds is 10. The van der Waals surface area contributed by atoms with E-state index < -0.39 is 27.0 Å². The van der Waals surface area contributed by atoms with Crippen molar-refractivity contribution in [1.82, 2.24) is 9.97 Å². The fourth-order valence-electron chi connectivity index (χ4n) is 4.55. The largest absolute Gasteiger partial charge is 0.381 e. The molecule has 0 atom stereocenters. The minimum absolute atomic E-state index is 0.0148. The van der Waals surface area contributed by atoms with Gasteiger partial charge in [0.25, 0.3) is 5.92 Å². The molecule has 1 aliphatic carbocycles. The van der Waals surface area contributed by atoms with E-state index in [1.807, 2.05) is 4.90 Å². The Bertz CT molecular complexity index is 1130. The topological polar surface area (TPSA) is 84.4 Å². The molecule has 2 aliphatic rings. The van der Waals surface area contributed by atoms with E-state index in [9.17, 15) is 17.2 Å². The van der Waals surface area contributed by atoms with Crippen LogP contribution in [0.1, 0.15) is 43.7 Å². The van der Waals surface area contributed by atoms with Crippen molar-refractivity contribution < 1.29 is 26.3 Å². The molecular weight excluding hydrogens is 481 g/mol. The van der Waals surface area contributed by atoms with Gasteiger partial charge in [-0.3, -0.25) is 0 Å². The molecule has 11 heteroatoms. The molecule has 1 aromatic heterocycles. The lowest BCUT2D eigenvalue weighted by atomic mass is 9.82. The van der Waals surface area contributed by atoms with E-state index in [1.54, 1.807) is 12.1 Å². The Balaban J connectivity index is 1.53. The van der Waals surface area contributed by atoms with Crippen LogP contribution in [0.4, 0.5) is 24.8 Å². The molecule has 2 heterocycles. The second kappa shape index (κ2) is 9.93. The number of hydrogen-bond donors (Lipinski definition) is 1. The number of sulfone groups is 1. The van der Waals surface area contributed by atoms with E-state index in [0.29, 0.717) is 32.6 Å². The molecule has 192 valence electrons. The van der Waals surface area contributed by atoms with Crippen LogP contribution in [-0.4, -0.2) is 56.2 Å². The van der Waals surface area contributed by atoms with E-state index in [4.69, 9.17) is 4.74 Å². The Kier molecular flexibility index (Phi) is 7.28. The van der Waals surface area contributed by atoms with Crippen LogP contribution in [0.15, 0.2) is 30.6 Å². The highest BCUT2D eigenvalue weighted by Gasteiger charge is 2.37. The van der Waals surface area contributed by atoms with Crippen LogP contribution in [0.5, 0.6) is 0 Å². The molecule has 0 amide bonds. The number of aromatic nitrogens is 2. The van der Waals surface area contributed by atoms with Crippen LogP contribution in [0, 0.1) is 11.2 Å². The van der Waals surface area contributed by atoms with Crippen LogP contribution in [0.2, 0.25) is 0 Å². The number of anilines is 2. The highest BCUT2D eigenvalue weighted by molar-refractivity contribution is 7.90. The average Bonchev–Trinajstić information content (AvgIpc) is 3.62. The van der Waals surface area contributed by atoms with Crippen molar-refractivity contribution in [2.75, 3.05) is 42.0 Å². The highest BCUT2D eigenvalue weighted by atomic mass is 32.2. The maximum atomic E-state index is 15.6. The quantitative estimate of drug-likeness (QED) is 0.512. The van der Waals surface area contributed by atoms with Gasteiger partial charge in [-0.25, -0.2) is 27.2 Å². The normalized spacial score (nSPS) is 18.3. The molecule has 2 fully saturated rings. The highest BCUT2D eigenvalue weighted by Crippen LogP contribution is 2.36. The molecule has 1 N–H and O–H groups in total. The summed E-state index contributed by atoms with van der Waals surface area (Å²) >= 11 is 0. The van der Waals surface area contributed by atoms with Crippen LogP contribution < -0.4 is 10.2 Å². The molecule has 1 aromatic carbocycles. The summed E-state index contributed by atoms with van der Waals surface area (Å²) in [4.78, 5) is 10.1. The van der Waals surface area contributed by atoms with Crippen LogP contribution >= 0.6 is 0 Å². The summed E-state index contributed by atoms with van der Waals surface area (Å²) in [6.07, 6.45) is 5.35. The van der Waals surface area contributed by atoms with E-state index in [-0.39, 0.29) is 35.5 Å². The van der Waals surface area contributed by atoms with Gasteiger partial charge in [0.15, 0.2) is 11.6 Å². The summed E-state index contributed by atoms with van der Waals surface area (Å²) in [6.45, 7) is 2.32. The zero-order chi connectivity index (χ0) is 25.3. The van der Waals surface area contributed by atoms with Gasteiger partial charge < -0.3 is 15.0 Å². The molecule has 0 bridgehead atoms. The fourth-order valence-corrected chi connectivity index (χ4v) is 6.05. The van der Waals surface area contributed by atoms with E-state index >= 15 is 4.39 Å². The van der Waals surface area contributed by atoms with Gasteiger partial charge in [0, 0.05) is 56.5 Å². The summed E-state index contributed by atoms with van der Waals surface area (Å²) in [5, 5.41) is 3.03. The van der Waals surface area contributed by atoms with Gasteiger partial charge in [0.1, 0.15) is 16.2 Å². The van der Waals surface area contributed by atoms with E-state index in [0.717, 1.165) is 25.3 Å². The number of hydrogen-bond acceptors (Lipinski definition) is 7. The number of ether oxygens (including phenoxy) is 1. The van der Waals surface area contributed by atoms with Crippen molar-refractivity contribution in [3.05, 3.63) is 47.5 Å². The Morgan fingerprint density at radius 2 is 1.83 bits per heavy atom. The third-order valence-corrected chi connectivity index (χ3v) is 7.73. The second-order valence-corrected chi connectivity index (χ2v) is 12.0. The van der Waals surface area contributed by atoms with Crippen molar-refractivity contribution in [3.63, 3.8) is 0 Å². The third kappa shape index (κ3) is 6.63. The maximum Gasteiger partial charge on any atom is 0.270 e. The summed E-state index contributed by atoms with van der Waals surface area (Å²) < 4.78 is 72.2. The first-order chi connectivity index (χ1) is 16.5. The molecule has 35 heavy (non-hydrogen) atoms. The predicted octanol–water partition coefficient (Wildman–Crippen LogP) is 4.15. The molecule has 0 spiro atoms. The van der Waals surface area contributed by atoms with E-state index in [2.05, 4.69) is 15.3 Å². The van der Waals surface area contributed by atoms with Gasteiger partial charge in [0.2, 0.25) is 5.82 Å². The molecule has 7 nitrogen and oxygen atoms in total. The first kappa shape index (κ1) is 25.7. The standard InChI is InChI=1S/C24H31F3N4O3S/c1-23(26,27)18-5-3-17(4-6-18)13-31(19-7-8-19)22-20(25)21(29-16-30-22)28-14-24(15-35(2,32)33)9-11-34-12-10-24/h3-6,16,19H,7-15H2,1-2H3,(H,28,29,30). The number of benzene rings is 1. The van der Waals surface area contributed by atoms with Gasteiger partial charge in [-0.1, -0.05) is 24.3 Å². The lowest BCUT2D eigenvalue weighted by molar-refractivity contribution is 0.0174. The molecule has 1 aliphatic heterocycles. The van der Waals surface area contributed by atoms with Gasteiger partial charge in [-0.15, -0.1) is 0 Å². The zero-order valence-corrected chi connectivity index (χ0v) is 20.8. The van der Waals surface area contributed by atoms with Crippen molar-refractivity contribution in [1.29, 1.82) is 0 Å².